The molecular formula is C8H17NO. The maximum atomic E-state index is 8.05. The molecule has 2 N–H and O–H groups in total. The summed E-state index contributed by atoms with van der Waals surface area (Å²) in [6.07, 6.45) is 5.20. The maximum absolute atomic E-state index is 8.05. The summed E-state index contributed by atoms with van der Waals surface area (Å²) < 4.78 is 0. The summed E-state index contributed by atoms with van der Waals surface area (Å²) in [7, 11) is 0. The monoisotopic (exact) mass is 143 g/mol. The van der Waals surface area contributed by atoms with E-state index in [1.165, 1.54) is 6.20 Å². The van der Waals surface area contributed by atoms with Crippen molar-refractivity contribution in [2.45, 2.75) is 27.7 Å². The maximum Gasteiger partial charge on any atom is 0.0242 e. The van der Waals surface area contributed by atoms with Crippen LogP contribution in [0.3, 0.4) is 0 Å². The Morgan fingerprint density at radius 3 is 2.20 bits per heavy atom. The Bertz CT molecular complexity index is 106. The summed E-state index contributed by atoms with van der Waals surface area (Å²) in [6.45, 7) is 7.89. The lowest BCUT2D eigenvalue weighted by Crippen LogP contribution is -1.92. The van der Waals surface area contributed by atoms with E-state index in [1.807, 2.05) is 39.3 Å². The molecule has 0 aliphatic heterocycles. The van der Waals surface area contributed by atoms with Gasteiger partial charge in [0.2, 0.25) is 0 Å². The Balaban J connectivity index is 0. The van der Waals surface area contributed by atoms with Gasteiger partial charge in [-0.15, -0.1) is 0 Å². The minimum absolute atomic E-state index is 1.12. The van der Waals surface area contributed by atoms with Crippen LogP contribution in [0.1, 0.15) is 27.7 Å². The molecule has 0 aromatic heterocycles. The van der Waals surface area contributed by atoms with Gasteiger partial charge in [0.15, 0.2) is 0 Å². The third kappa shape index (κ3) is 10.3. The van der Waals surface area contributed by atoms with Crippen LogP contribution in [0.2, 0.25) is 0 Å². The smallest absolute Gasteiger partial charge is 0.0242 e. The largest absolute Gasteiger partial charge is 0.292 e. The van der Waals surface area contributed by atoms with E-state index in [-0.39, 0.29) is 0 Å². The highest BCUT2D eigenvalue weighted by Gasteiger charge is 1.72. The van der Waals surface area contributed by atoms with Crippen molar-refractivity contribution < 1.29 is 5.21 Å². The summed E-state index contributed by atoms with van der Waals surface area (Å²) in [5.41, 5.74) is 3.03. The lowest BCUT2D eigenvalue weighted by molar-refractivity contribution is 0.214. The lowest BCUT2D eigenvalue weighted by Gasteiger charge is -1.85. The predicted octanol–water partition coefficient (Wildman–Crippen LogP) is 2.47. The zero-order chi connectivity index (χ0) is 8.41. The molecule has 60 valence electrons. The van der Waals surface area contributed by atoms with E-state index in [2.05, 4.69) is 0 Å². The van der Waals surface area contributed by atoms with Crippen molar-refractivity contribution in [2.75, 3.05) is 0 Å². The fourth-order valence-electron chi connectivity index (χ4n) is 0.265. The van der Waals surface area contributed by atoms with E-state index >= 15 is 0 Å². The van der Waals surface area contributed by atoms with Gasteiger partial charge in [-0.05, 0) is 19.9 Å². The topological polar surface area (TPSA) is 32.3 Å². The number of allylic oxidation sites excluding steroid dienone is 3. The van der Waals surface area contributed by atoms with Gasteiger partial charge in [0.05, 0.1) is 0 Å². The molecule has 0 saturated carbocycles. The van der Waals surface area contributed by atoms with E-state index in [9.17, 15) is 0 Å². The molecular weight excluding hydrogens is 126 g/mol. The van der Waals surface area contributed by atoms with Gasteiger partial charge in [-0.2, -0.15) is 0 Å². The minimum atomic E-state index is 1.12. The quantitative estimate of drug-likeness (QED) is 0.459. The van der Waals surface area contributed by atoms with Gasteiger partial charge in [-0.3, -0.25) is 10.7 Å². The summed E-state index contributed by atoms with van der Waals surface area (Å²) in [4.78, 5) is 0. The van der Waals surface area contributed by atoms with Crippen LogP contribution in [0.5, 0.6) is 0 Å². The molecule has 0 unspecified atom stereocenters. The Labute approximate surface area is 63.2 Å². The molecule has 2 nitrogen and oxygen atoms in total. The summed E-state index contributed by atoms with van der Waals surface area (Å²) in [5, 5.41) is 8.05. The number of rotatable bonds is 2. The van der Waals surface area contributed by atoms with E-state index in [1.54, 1.807) is 6.08 Å². The normalized spacial score (nSPS) is 10.7. The van der Waals surface area contributed by atoms with Gasteiger partial charge in [0, 0.05) is 6.20 Å². The lowest BCUT2D eigenvalue weighted by atomic mass is 10.3. The van der Waals surface area contributed by atoms with Gasteiger partial charge in [-0.1, -0.05) is 25.5 Å². The molecule has 0 aromatic rings. The third-order valence-corrected chi connectivity index (χ3v) is 0.876. The Kier molecular flexibility index (Phi) is 13.3. The molecule has 0 spiro atoms. The van der Waals surface area contributed by atoms with Crippen molar-refractivity contribution in [1.29, 1.82) is 0 Å². The molecule has 2 heteroatoms. The van der Waals surface area contributed by atoms with Crippen LogP contribution in [0, 0.1) is 0 Å². The van der Waals surface area contributed by atoms with Crippen molar-refractivity contribution in [3.05, 3.63) is 23.9 Å². The zero-order valence-electron chi connectivity index (χ0n) is 7.18. The van der Waals surface area contributed by atoms with Crippen LogP contribution in [0.4, 0.5) is 0 Å². The predicted molar refractivity (Wildman–Crippen MR) is 44.8 cm³/mol. The average Bonchev–Trinajstić information content (AvgIpc) is 2.04. The minimum Gasteiger partial charge on any atom is -0.292 e. The molecule has 0 saturated heterocycles. The number of hydroxylamine groups is 1. The van der Waals surface area contributed by atoms with Crippen molar-refractivity contribution in [3.8, 4) is 0 Å². The molecule has 0 aliphatic rings. The van der Waals surface area contributed by atoms with E-state index in [0.29, 0.717) is 0 Å². The molecule has 0 atom stereocenters. The zero-order valence-corrected chi connectivity index (χ0v) is 7.18. The number of nitrogens with one attached hydrogen (secondary N) is 1. The second kappa shape index (κ2) is 11.1. The molecule has 0 fully saturated rings. The summed E-state index contributed by atoms with van der Waals surface area (Å²) in [5.74, 6) is 0. The van der Waals surface area contributed by atoms with Gasteiger partial charge < -0.3 is 0 Å². The van der Waals surface area contributed by atoms with Gasteiger partial charge in [0.25, 0.3) is 0 Å². The number of hydrogen-bond acceptors (Lipinski definition) is 2. The van der Waals surface area contributed by atoms with Crippen molar-refractivity contribution in [2.24, 2.45) is 0 Å². The average molecular weight is 143 g/mol. The van der Waals surface area contributed by atoms with Crippen LogP contribution >= 0.6 is 0 Å². The van der Waals surface area contributed by atoms with Crippen molar-refractivity contribution in [3.63, 3.8) is 0 Å². The molecule has 0 bridgehead atoms. The highest BCUT2D eigenvalue weighted by Crippen LogP contribution is 1.90. The highest BCUT2D eigenvalue weighted by atomic mass is 16.5. The van der Waals surface area contributed by atoms with Crippen LogP contribution in [-0.4, -0.2) is 5.21 Å². The fraction of sp³-hybridized carbons (Fsp3) is 0.500. The Hall–Kier alpha value is -0.760. The first-order valence-electron chi connectivity index (χ1n) is 3.50. The molecule has 0 radical (unpaired) electrons. The van der Waals surface area contributed by atoms with Gasteiger partial charge >= 0.3 is 0 Å². The molecule has 0 aliphatic carbocycles. The molecule has 0 amide bonds. The van der Waals surface area contributed by atoms with Crippen LogP contribution < -0.4 is 5.48 Å². The Morgan fingerprint density at radius 2 is 1.90 bits per heavy atom. The van der Waals surface area contributed by atoms with Crippen LogP contribution in [-0.2, 0) is 0 Å². The number of hydrogen-bond donors (Lipinski definition) is 2. The van der Waals surface area contributed by atoms with Crippen molar-refractivity contribution >= 4 is 0 Å². The Morgan fingerprint density at radius 1 is 1.40 bits per heavy atom. The van der Waals surface area contributed by atoms with E-state index in [4.69, 9.17) is 5.21 Å². The first kappa shape index (κ1) is 12.0. The van der Waals surface area contributed by atoms with Crippen LogP contribution in [0.15, 0.2) is 23.9 Å². The first-order valence-corrected chi connectivity index (χ1v) is 3.50. The second-order valence-electron chi connectivity index (χ2n) is 1.50. The molecule has 0 heterocycles. The highest BCUT2D eigenvalue weighted by molar-refractivity contribution is 5.13. The van der Waals surface area contributed by atoms with E-state index in [0.717, 1.165) is 5.57 Å². The first-order chi connectivity index (χ1) is 4.81. The third-order valence-electron chi connectivity index (χ3n) is 0.876. The van der Waals surface area contributed by atoms with Gasteiger partial charge in [0.1, 0.15) is 0 Å². The SMILES string of the molecule is C/C=C(C)\C=C/NO.CC. The standard InChI is InChI=1S/C6H11NO.C2H6/c1-3-6(2)4-5-7-8;1-2/h3-5,7-8H,1-2H3;1-2H3/b5-4-,6-3-;. The summed E-state index contributed by atoms with van der Waals surface area (Å²) in [6, 6.07) is 0. The summed E-state index contributed by atoms with van der Waals surface area (Å²) >= 11 is 0. The van der Waals surface area contributed by atoms with E-state index < -0.39 is 0 Å². The fourth-order valence-corrected chi connectivity index (χ4v) is 0.265. The second-order valence-corrected chi connectivity index (χ2v) is 1.50. The van der Waals surface area contributed by atoms with Crippen molar-refractivity contribution in [1.82, 2.24) is 5.48 Å². The van der Waals surface area contributed by atoms with Crippen LogP contribution in [0.25, 0.3) is 0 Å². The molecule has 0 rings (SSSR count). The van der Waals surface area contributed by atoms with Gasteiger partial charge in [-0.25, -0.2) is 0 Å². The molecule has 0 aromatic carbocycles. The molecule has 10 heavy (non-hydrogen) atoms.